The van der Waals surface area contributed by atoms with Gasteiger partial charge in [-0.25, -0.2) is 8.78 Å². The van der Waals surface area contributed by atoms with E-state index in [2.05, 4.69) is 0 Å². The number of aliphatic hydroxyl groups excluding tert-OH is 1. The SMILES string of the molecule is CCOc1cc(Cl)c(C(O)c2cc(F)cc(F)c2)cc1Cl. The van der Waals surface area contributed by atoms with E-state index in [1.165, 1.54) is 12.1 Å². The van der Waals surface area contributed by atoms with Gasteiger partial charge < -0.3 is 9.84 Å². The number of hydrogen-bond acceptors (Lipinski definition) is 2. The summed E-state index contributed by atoms with van der Waals surface area (Å²) < 4.78 is 31.7. The Hall–Kier alpha value is -1.36. The lowest BCUT2D eigenvalue weighted by Gasteiger charge is -2.16. The maximum absolute atomic E-state index is 13.2. The fraction of sp³-hybridized carbons (Fsp3) is 0.200. The van der Waals surface area contributed by atoms with Crippen LogP contribution in [-0.4, -0.2) is 11.7 Å². The highest BCUT2D eigenvalue weighted by atomic mass is 35.5. The Kier molecular flexibility index (Phi) is 5.04. The van der Waals surface area contributed by atoms with Crippen molar-refractivity contribution in [2.75, 3.05) is 6.61 Å². The van der Waals surface area contributed by atoms with Gasteiger partial charge in [0.2, 0.25) is 0 Å². The number of aliphatic hydroxyl groups is 1. The second kappa shape index (κ2) is 6.60. The van der Waals surface area contributed by atoms with Gasteiger partial charge in [0.05, 0.1) is 16.7 Å². The molecule has 2 aromatic carbocycles. The first-order chi connectivity index (χ1) is 9.92. The third-order valence-corrected chi connectivity index (χ3v) is 3.47. The number of benzene rings is 2. The Bertz CT molecular complexity index is 642. The van der Waals surface area contributed by atoms with Gasteiger partial charge in [-0.2, -0.15) is 0 Å². The Morgan fingerprint density at radius 2 is 1.67 bits per heavy atom. The average Bonchev–Trinajstić information content (AvgIpc) is 2.41. The molecule has 0 spiro atoms. The molecule has 0 aliphatic heterocycles. The van der Waals surface area contributed by atoms with E-state index in [-0.39, 0.29) is 21.2 Å². The molecule has 0 aromatic heterocycles. The Labute approximate surface area is 130 Å². The van der Waals surface area contributed by atoms with Crippen LogP contribution in [0.15, 0.2) is 30.3 Å². The van der Waals surface area contributed by atoms with Crippen LogP contribution in [-0.2, 0) is 0 Å². The van der Waals surface area contributed by atoms with E-state index in [4.69, 9.17) is 27.9 Å². The highest BCUT2D eigenvalue weighted by Crippen LogP contribution is 2.36. The van der Waals surface area contributed by atoms with Crippen LogP contribution in [0.25, 0.3) is 0 Å². The van der Waals surface area contributed by atoms with Crippen molar-refractivity contribution in [1.82, 2.24) is 0 Å². The van der Waals surface area contributed by atoms with E-state index >= 15 is 0 Å². The van der Waals surface area contributed by atoms with Crippen molar-refractivity contribution < 1.29 is 18.6 Å². The largest absolute Gasteiger partial charge is 0.492 e. The Balaban J connectivity index is 2.43. The molecular formula is C15H12Cl2F2O2. The van der Waals surface area contributed by atoms with Gasteiger partial charge >= 0.3 is 0 Å². The van der Waals surface area contributed by atoms with Gasteiger partial charge in [-0.1, -0.05) is 23.2 Å². The van der Waals surface area contributed by atoms with Crippen LogP contribution in [0.2, 0.25) is 10.0 Å². The number of rotatable bonds is 4. The van der Waals surface area contributed by atoms with E-state index in [0.717, 1.165) is 18.2 Å². The van der Waals surface area contributed by atoms with E-state index in [0.29, 0.717) is 12.4 Å². The smallest absolute Gasteiger partial charge is 0.139 e. The predicted octanol–water partition coefficient (Wildman–Crippen LogP) is 4.75. The van der Waals surface area contributed by atoms with Crippen LogP contribution in [0.1, 0.15) is 24.2 Å². The molecule has 112 valence electrons. The molecule has 21 heavy (non-hydrogen) atoms. The third kappa shape index (κ3) is 3.64. The first-order valence-electron chi connectivity index (χ1n) is 6.18. The van der Waals surface area contributed by atoms with Crippen molar-refractivity contribution >= 4 is 23.2 Å². The zero-order valence-electron chi connectivity index (χ0n) is 11.0. The summed E-state index contributed by atoms with van der Waals surface area (Å²) in [6.45, 7) is 2.20. The van der Waals surface area contributed by atoms with Gasteiger partial charge in [0.25, 0.3) is 0 Å². The van der Waals surface area contributed by atoms with Crippen molar-refractivity contribution in [2.45, 2.75) is 13.0 Å². The van der Waals surface area contributed by atoms with Gasteiger partial charge in [-0.15, -0.1) is 0 Å². The lowest BCUT2D eigenvalue weighted by molar-refractivity contribution is 0.219. The van der Waals surface area contributed by atoms with Gasteiger partial charge in [-0.3, -0.25) is 0 Å². The van der Waals surface area contributed by atoms with Gasteiger partial charge in [0.15, 0.2) is 0 Å². The minimum atomic E-state index is -1.30. The van der Waals surface area contributed by atoms with E-state index < -0.39 is 17.7 Å². The van der Waals surface area contributed by atoms with E-state index in [9.17, 15) is 13.9 Å². The van der Waals surface area contributed by atoms with Gasteiger partial charge in [-0.05, 0) is 30.7 Å². The van der Waals surface area contributed by atoms with Gasteiger partial charge in [0, 0.05) is 17.7 Å². The highest BCUT2D eigenvalue weighted by Gasteiger charge is 2.18. The molecule has 1 atom stereocenters. The van der Waals surface area contributed by atoms with Crippen molar-refractivity contribution in [1.29, 1.82) is 0 Å². The molecule has 1 unspecified atom stereocenters. The van der Waals surface area contributed by atoms with Crippen LogP contribution in [0.5, 0.6) is 5.75 Å². The normalized spacial score (nSPS) is 12.3. The van der Waals surface area contributed by atoms with Crippen molar-refractivity contribution in [3.8, 4) is 5.75 Å². The fourth-order valence-electron chi connectivity index (χ4n) is 1.93. The van der Waals surface area contributed by atoms with Gasteiger partial charge in [0.1, 0.15) is 23.5 Å². The minimum absolute atomic E-state index is 0.0506. The topological polar surface area (TPSA) is 29.5 Å². The van der Waals surface area contributed by atoms with Crippen molar-refractivity contribution in [3.63, 3.8) is 0 Å². The third-order valence-electron chi connectivity index (χ3n) is 2.85. The summed E-state index contributed by atoms with van der Waals surface area (Å²) in [6.07, 6.45) is -1.30. The summed E-state index contributed by atoms with van der Waals surface area (Å²) in [5.74, 6) is -1.18. The Morgan fingerprint density at radius 1 is 1.05 bits per heavy atom. The molecule has 0 aliphatic carbocycles. The molecule has 2 rings (SSSR count). The fourth-order valence-corrected chi connectivity index (χ4v) is 2.42. The second-order valence-corrected chi connectivity index (χ2v) is 5.16. The molecule has 2 nitrogen and oxygen atoms in total. The standard InChI is InChI=1S/C15H12Cl2F2O2/c1-2-21-14-7-12(16)11(6-13(14)17)15(20)8-3-9(18)5-10(19)4-8/h3-7,15,20H,2H2,1H3. The van der Waals surface area contributed by atoms with Crippen LogP contribution in [0, 0.1) is 11.6 Å². The lowest BCUT2D eigenvalue weighted by atomic mass is 10.0. The molecular weight excluding hydrogens is 321 g/mol. The zero-order chi connectivity index (χ0) is 15.6. The predicted molar refractivity (Wildman–Crippen MR) is 78.1 cm³/mol. The van der Waals surface area contributed by atoms with Crippen LogP contribution >= 0.6 is 23.2 Å². The maximum atomic E-state index is 13.2. The summed E-state index contributed by atoms with van der Waals surface area (Å²) in [5.41, 5.74) is 0.296. The molecule has 1 N–H and O–H groups in total. The molecule has 0 radical (unpaired) electrons. The van der Waals surface area contributed by atoms with E-state index in [1.54, 1.807) is 6.92 Å². The molecule has 0 fully saturated rings. The molecule has 0 bridgehead atoms. The second-order valence-electron chi connectivity index (χ2n) is 4.34. The van der Waals surface area contributed by atoms with Crippen LogP contribution < -0.4 is 4.74 Å². The molecule has 0 heterocycles. The number of halogens is 4. The Morgan fingerprint density at radius 3 is 2.24 bits per heavy atom. The molecule has 0 saturated heterocycles. The lowest BCUT2D eigenvalue weighted by Crippen LogP contribution is -2.03. The summed E-state index contributed by atoms with van der Waals surface area (Å²) in [5, 5.41) is 10.7. The van der Waals surface area contributed by atoms with Crippen LogP contribution in [0.4, 0.5) is 8.78 Å². The van der Waals surface area contributed by atoms with Crippen molar-refractivity contribution in [3.05, 3.63) is 63.1 Å². The monoisotopic (exact) mass is 332 g/mol. The summed E-state index contributed by atoms with van der Waals surface area (Å²) in [4.78, 5) is 0. The molecule has 0 saturated carbocycles. The molecule has 2 aromatic rings. The zero-order valence-corrected chi connectivity index (χ0v) is 12.6. The summed E-state index contributed by atoms with van der Waals surface area (Å²) in [6, 6.07) is 5.68. The molecule has 0 amide bonds. The quantitative estimate of drug-likeness (QED) is 0.875. The molecule has 0 aliphatic rings. The molecule has 6 heteroatoms. The maximum Gasteiger partial charge on any atom is 0.139 e. The number of ether oxygens (including phenoxy) is 1. The minimum Gasteiger partial charge on any atom is -0.492 e. The summed E-state index contributed by atoms with van der Waals surface area (Å²) in [7, 11) is 0. The highest BCUT2D eigenvalue weighted by molar-refractivity contribution is 6.34. The van der Waals surface area contributed by atoms with E-state index in [1.807, 2.05) is 0 Å². The summed E-state index contributed by atoms with van der Waals surface area (Å²) >= 11 is 12.1. The first-order valence-corrected chi connectivity index (χ1v) is 6.93. The first kappa shape index (κ1) is 16.0. The number of hydrogen-bond donors (Lipinski definition) is 1. The van der Waals surface area contributed by atoms with Crippen molar-refractivity contribution in [2.24, 2.45) is 0 Å². The van der Waals surface area contributed by atoms with Crippen LogP contribution in [0.3, 0.4) is 0 Å². The average molecular weight is 333 g/mol.